The Morgan fingerprint density at radius 2 is 1.07 bits per heavy atom. The Morgan fingerprint density at radius 1 is 0.714 bits per heavy atom. The van der Waals surface area contributed by atoms with Crippen molar-refractivity contribution in [2.45, 2.75) is 13.8 Å². The zero-order chi connectivity index (χ0) is 10.3. The SMILES string of the molecule is Cc1cc2cc(N)c(N)cc2cc1C. The van der Waals surface area contributed by atoms with Gasteiger partial charge >= 0.3 is 0 Å². The van der Waals surface area contributed by atoms with Crippen LogP contribution in [0.3, 0.4) is 0 Å². The molecule has 0 saturated carbocycles. The van der Waals surface area contributed by atoms with Crippen LogP contribution in [0.25, 0.3) is 10.8 Å². The van der Waals surface area contributed by atoms with Crippen molar-refractivity contribution >= 4 is 22.1 Å². The highest BCUT2D eigenvalue weighted by atomic mass is 14.7. The fourth-order valence-corrected chi connectivity index (χ4v) is 1.61. The van der Waals surface area contributed by atoms with E-state index in [1.54, 1.807) is 0 Å². The zero-order valence-corrected chi connectivity index (χ0v) is 8.46. The highest BCUT2D eigenvalue weighted by Gasteiger charge is 2.01. The third kappa shape index (κ3) is 1.29. The van der Waals surface area contributed by atoms with Crippen molar-refractivity contribution in [2.24, 2.45) is 0 Å². The number of fused-ring (bicyclic) bond motifs is 1. The highest BCUT2D eigenvalue weighted by Crippen LogP contribution is 2.26. The van der Waals surface area contributed by atoms with Crippen LogP contribution in [0.4, 0.5) is 11.4 Å². The van der Waals surface area contributed by atoms with Gasteiger partial charge in [0.1, 0.15) is 0 Å². The number of hydrogen-bond donors (Lipinski definition) is 2. The van der Waals surface area contributed by atoms with Crippen molar-refractivity contribution in [1.82, 2.24) is 0 Å². The molecule has 2 heteroatoms. The summed E-state index contributed by atoms with van der Waals surface area (Å²) in [5.74, 6) is 0. The maximum atomic E-state index is 5.75. The van der Waals surface area contributed by atoms with E-state index in [9.17, 15) is 0 Å². The van der Waals surface area contributed by atoms with Gasteiger partial charge in [0.15, 0.2) is 0 Å². The van der Waals surface area contributed by atoms with Gasteiger partial charge in [-0.3, -0.25) is 0 Å². The van der Waals surface area contributed by atoms with E-state index in [0.717, 1.165) is 10.8 Å². The van der Waals surface area contributed by atoms with Crippen LogP contribution in [0.15, 0.2) is 24.3 Å². The van der Waals surface area contributed by atoms with Gasteiger partial charge in [-0.2, -0.15) is 0 Å². The van der Waals surface area contributed by atoms with Crippen LogP contribution in [0.5, 0.6) is 0 Å². The number of nitrogen functional groups attached to an aromatic ring is 2. The lowest BCUT2D eigenvalue weighted by Gasteiger charge is -2.06. The summed E-state index contributed by atoms with van der Waals surface area (Å²) in [4.78, 5) is 0. The van der Waals surface area contributed by atoms with Gasteiger partial charge in [-0.1, -0.05) is 12.1 Å². The summed E-state index contributed by atoms with van der Waals surface area (Å²) < 4.78 is 0. The molecule has 0 amide bonds. The molecule has 0 heterocycles. The van der Waals surface area contributed by atoms with Crippen LogP contribution in [0.2, 0.25) is 0 Å². The predicted molar refractivity (Wildman–Crippen MR) is 62.2 cm³/mol. The van der Waals surface area contributed by atoms with Crippen LogP contribution in [-0.4, -0.2) is 0 Å². The van der Waals surface area contributed by atoms with Crippen molar-refractivity contribution in [3.8, 4) is 0 Å². The number of anilines is 2. The highest BCUT2D eigenvalue weighted by molar-refractivity contribution is 5.91. The van der Waals surface area contributed by atoms with Crippen LogP contribution in [0, 0.1) is 13.8 Å². The predicted octanol–water partition coefficient (Wildman–Crippen LogP) is 2.62. The molecule has 0 radical (unpaired) electrons. The summed E-state index contributed by atoms with van der Waals surface area (Å²) in [5.41, 5.74) is 15.4. The first-order chi connectivity index (χ1) is 6.58. The van der Waals surface area contributed by atoms with Gasteiger partial charge < -0.3 is 11.5 Å². The molecule has 2 aromatic rings. The first-order valence-electron chi connectivity index (χ1n) is 4.64. The van der Waals surface area contributed by atoms with Crippen molar-refractivity contribution in [3.05, 3.63) is 35.4 Å². The van der Waals surface area contributed by atoms with Gasteiger partial charge in [0.05, 0.1) is 11.4 Å². The van der Waals surface area contributed by atoms with Crippen LogP contribution >= 0.6 is 0 Å². The molecular formula is C12H14N2. The van der Waals surface area contributed by atoms with E-state index < -0.39 is 0 Å². The molecule has 2 nitrogen and oxygen atoms in total. The molecular weight excluding hydrogens is 172 g/mol. The zero-order valence-electron chi connectivity index (χ0n) is 8.46. The fourth-order valence-electron chi connectivity index (χ4n) is 1.61. The topological polar surface area (TPSA) is 52.0 Å². The number of aryl methyl sites for hydroxylation is 2. The fraction of sp³-hybridized carbons (Fsp3) is 0.167. The van der Waals surface area contributed by atoms with Crippen molar-refractivity contribution < 1.29 is 0 Å². The number of nitrogens with two attached hydrogens (primary N) is 2. The van der Waals surface area contributed by atoms with E-state index in [4.69, 9.17) is 11.5 Å². The first kappa shape index (κ1) is 8.88. The van der Waals surface area contributed by atoms with Gasteiger partial charge in [0.2, 0.25) is 0 Å². The van der Waals surface area contributed by atoms with Gasteiger partial charge in [-0.15, -0.1) is 0 Å². The van der Waals surface area contributed by atoms with Crippen LogP contribution < -0.4 is 11.5 Å². The summed E-state index contributed by atoms with van der Waals surface area (Å²) >= 11 is 0. The Kier molecular flexibility index (Phi) is 1.84. The van der Waals surface area contributed by atoms with Gasteiger partial charge in [-0.05, 0) is 47.9 Å². The van der Waals surface area contributed by atoms with Gasteiger partial charge in [0.25, 0.3) is 0 Å². The molecule has 0 spiro atoms. The third-order valence-corrected chi connectivity index (χ3v) is 2.65. The molecule has 0 aliphatic carbocycles. The van der Waals surface area contributed by atoms with E-state index in [0.29, 0.717) is 11.4 Å². The molecule has 14 heavy (non-hydrogen) atoms. The summed E-state index contributed by atoms with van der Waals surface area (Å²) in [7, 11) is 0. The van der Waals surface area contributed by atoms with Crippen molar-refractivity contribution in [1.29, 1.82) is 0 Å². The standard InChI is InChI=1S/C12H14N2/c1-7-3-9-5-11(13)12(14)6-10(9)4-8(7)2/h3-6H,13-14H2,1-2H3. The van der Waals surface area contributed by atoms with E-state index in [1.165, 1.54) is 11.1 Å². The summed E-state index contributed by atoms with van der Waals surface area (Å²) in [5, 5.41) is 2.31. The number of benzene rings is 2. The molecule has 2 aromatic carbocycles. The molecule has 4 N–H and O–H groups in total. The monoisotopic (exact) mass is 186 g/mol. The minimum Gasteiger partial charge on any atom is -0.397 e. The molecule has 0 aliphatic heterocycles. The second-order valence-electron chi connectivity index (χ2n) is 3.76. The quantitative estimate of drug-likeness (QED) is 0.621. The Balaban J connectivity index is 2.83. The maximum absolute atomic E-state index is 5.75. The van der Waals surface area contributed by atoms with E-state index in [-0.39, 0.29) is 0 Å². The molecule has 0 unspecified atom stereocenters. The summed E-state index contributed by atoms with van der Waals surface area (Å²) in [6.07, 6.45) is 0. The van der Waals surface area contributed by atoms with E-state index in [2.05, 4.69) is 26.0 Å². The summed E-state index contributed by atoms with van der Waals surface area (Å²) in [6, 6.07) is 8.13. The Labute approximate surface area is 83.5 Å². The lowest BCUT2D eigenvalue weighted by molar-refractivity contribution is 1.37. The Bertz CT molecular complexity index is 412. The van der Waals surface area contributed by atoms with Gasteiger partial charge in [0, 0.05) is 0 Å². The van der Waals surface area contributed by atoms with Crippen LogP contribution in [-0.2, 0) is 0 Å². The molecule has 0 saturated heterocycles. The minimum absolute atomic E-state index is 0.653. The largest absolute Gasteiger partial charge is 0.397 e. The molecule has 72 valence electrons. The molecule has 0 fully saturated rings. The van der Waals surface area contributed by atoms with E-state index >= 15 is 0 Å². The number of hydrogen-bond acceptors (Lipinski definition) is 2. The lowest BCUT2D eigenvalue weighted by Crippen LogP contribution is -1.94. The maximum Gasteiger partial charge on any atom is 0.0554 e. The van der Waals surface area contributed by atoms with Crippen molar-refractivity contribution in [3.63, 3.8) is 0 Å². The second-order valence-corrected chi connectivity index (χ2v) is 3.76. The summed E-state index contributed by atoms with van der Waals surface area (Å²) in [6.45, 7) is 4.20. The average molecular weight is 186 g/mol. The third-order valence-electron chi connectivity index (χ3n) is 2.65. The Morgan fingerprint density at radius 3 is 1.43 bits per heavy atom. The van der Waals surface area contributed by atoms with Gasteiger partial charge in [-0.25, -0.2) is 0 Å². The molecule has 2 rings (SSSR count). The number of rotatable bonds is 0. The second kappa shape index (κ2) is 2.91. The average Bonchev–Trinajstić information content (AvgIpc) is 2.11. The first-order valence-corrected chi connectivity index (χ1v) is 4.64. The molecule has 0 aliphatic rings. The minimum atomic E-state index is 0.653. The van der Waals surface area contributed by atoms with E-state index in [1.807, 2.05) is 12.1 Å². The molecule has 0 bridgehead atoms. The smallest absolute Gasteiger partial charge is 0.0554 e. The Hall–Kier alpha value is -1.70. The molecule has 0 aromatic heterocycles. The normalized spacial score (nSPS) is 10.7. The van der Waals surface area contributed by atoms with Crippen LogP contribution in [0.1, 0.15) is 11.1 Å². The molecule has 0 atom stereocenters. The lowest BCUT2D eigenvalue weighted by atomic mass is 10.0. The van der Waals surface area contributed by atoms with Crippen molar-refractivity contribution in [2.75, 3.05) is 11.5 Å².